The topological polar surface area (TPSA) is 77.8 Å². The molecule has 1 saturated carbocycles. The predicted octanol–water partition coefficient (Wildman–Crippen LogP) is 1.25. The Morgan fingerprint density at radius 2 is 1.68 bits per heavy atom. The molecule has 5 heteroatoms. The number of carbonyl (C=O) groups is 2. The van der Waals surface area contributed by atoms with Crippen LogP contribution in [0.15, 0.2) is 0 Å². The molecule has 0 spiro atoms. The molecule has 108 valence electrons. The highest BCUT2D eigenvalue weighted by Gasteiger charge is 2.45. The minimum atomic E-state index is -0.916. The summed E-state index contributed by atoms with van der Waals surface area (Å²) in [6.07, 6.45) is 10.6. The summed E-state index contributed by atoms with van der Waals surface area (Å²) in [7, 11) is 0. The van der Waals surface area contributed by atoms with Gasteiger partial charge in [-0.3, -0.25) is 4.79 Å². The zero-order valence-electron chi connectivity index (χ0n) is 11.6. The molecule has 0 aromatic heterocycles. The van der Waals surface area contributed by atoms with Crippen LogP contribution in [0.5, 0.6) is 0 Å². The third-order valence-corrected chi connectivity index (χ3v) is 3.34. The molecule has 1 heterocycles. The van der Waals surface area contributed by atoms with Crippen molar-refractivity contribution in [2.45, 2.75) is 64.1 Å². The first kappa shape index (κ1) is 17.5. The van der Waals surface area contributed by atoms with E-state index < -0.39 is 12.0 Å². The van der Waals surface area contributed by atoms with E-state index in [9.17, 15) is 14.7 Å². The second-order valence-corrected chi connectivity index (χ2v) is 4.32. The van der Waals surface area contributed by atoms with Crippen molar-refractivity contribution in [3.05, 3.63) is 0 Å². The van der Waals surface area contributed by atoms with Crippen molar-refractivity contribution in [3.63, 3.8) is 0 Å². The zero-order chi connectivity index (χ0) is 15.0. The van der Waals surface area contributed by atoms with Gasteiger partial charge in [0, 0.05) is 6.04 Å². The first-order valence-electron chi connectivity index (χ1n) is 6.65. The number of rotatable bonds is 2. The summed E-state index contributed by atoms with van der Waals surface area (Å²) >= 11 is 0. The van der Waals surface area contributed by atoms with Crippen molar-refractivity contribution in [3.8, 4) is 12.8 Å². The fourth-order valence-electron chi connectivity index (χ4n) is 2.43. The van der Waals surface area contributed by atoms with Crippen LogP contribution in [0.25, 0.3) is 0 Å². The summed E-state index contributed by atoms with van der Waals surface area (Å²) in [4.78, 5) is 23.6. The number of hydrogen-bond acceptors (Lipinski definition) is 3. The van der Waals surface area contributed by atoms with Gasteiger partial charge in [0.2, 0.25) is 5.91 Å². The molecule has 1 atom stereocenters. The van der Waals surface area contributed by atoms with Gasteiger partial charge in [-0.25, -0.2) is 4.79 Å². The number of terminal acetylenes is 1. The normalized spacial score (nSPS) is 29.0. The molecular weight excluding hydrogens is 246 g/mol. The van der Waals surface area contributed by atoms with Gasteiger partial charge in [0.25, 0.3) is 0 Å². The Hall–Kier alpha value is -1.54. The van der Waals surface area contributed by atoms with E-state index in [1.54, 1.807) is 0 Å². The fraction of sp³-hybridized carbons (Fsp3) is 0.714. The van der Waals surface area contributed by atoms with E-state index in [1.165, 1.54) is 4.90 Å². The van der Waals surface area contributed by atoms with Gasteiger partial charge in [-0.2, -0.15) is 0 Å². The van der Waals surface area contributed by atoms with Crippen LogP contribution < -0.4 is 0 Å². The molecule has 2 rings (SSSR count). The van der Waals surface area contributed by atoms with Crippen molar-refractivity contribution >= 4 is 11.9 Å². The average molecular weight is 269 g/mol. The van der Waals surface area contributed by atoms with Crippen molar-refractivity contribution < 1.29 is 19.8 Å². The van der Waals surface area contributed by atoms with E-state index in [0.717, 1.165) is 12.8 Å². The lowest BCUT2D eigenvalue weighted by Crippen LogP contribution is -2.61. The van der Waals surface area contributed by atoms with E-state index in [4.69, 9.17) is 5.11 Å². The number of likely N-dealkylation sites (tertiary alicyclic amines) is 1. The number of β-lactam (4-membered cyclic amide) rings is 1. The summed E-state index contributed by atoms with van der Waals surface area (Å²) in [5.41, 5.74) is 0. The number of amides is 1. The lowest BCUT2D eigenvalue weighted by atomic mass is 9.87. The van der Waals surface area contributed by atoms with Gasteiger partial charge in [0.1, 0.15) is 6.04 Å². The molecule has 5 nitrogen and oxygen atoms in total. The molecule has 19 heavy (non-hydrogen) atoms. The lowest BCUT2D eigenvalue weighted by molar-refractivity contribution is -0.166. The van der Waals surface area contributed by atoms with Crippen LogP contribution in [0.4, 0.5) is 0 Å². The van der Waals surface area contributed by atoms with Gasteiger partial charge in [-0.05, 0) is 25.7 Å². The first-order chi connectivity index (χ1) is 9.09. The molecule has 0 aromatic rings. The van der Waals surface area contributed by atoms with Crippen LogP contribution in [0.2, 0.25) is 0 Å². The Balaban J connectivity index is 0.000000741. The summed E-state index contributed by atoms with van der Waals surface area (Å²) in [6, 6.07) is -0.603. The number of aliphatic carboxylic acids is 1. The van der Waals surface area contributed by atoms with Gasteiger partial charge >= 0.3 is 5.97 Å². The van der Waals surface area contributed by atoms with Gasteiger partial charge in [-0.1, -0.05) is 13.8 Å². The smallest absolute Gasteiger partial charge is 0.326 e. The third kappa shape index (κ3) is 4.25. The first-order valence-corrected chi connectivity index (χ1v) is 6.65. The van der Waals surface area contributed by atoms with Crippen LogP contribution >= 0.6 is 0 Å². The molecule has 1 aliphatic carbocycles. The van der Waals surface area contributed by atoms with Crippen molar-refractivity contribution in [2.24, 2.45) is 0 Å². The Bertz CT molecular complexity index is 319. The monoisotopic (exact) mass is 269 g/mol. The number of nitrogens with zero attached hydrogens (tertiary/aromatic N) is 1. The van der Waals surface area contributed by atoms with E-state index in [2.05, 4.69) is 12.8 Å². The van der Waals surface area contributed by atoms with Crippen LogP contribution in [0, 0.1) is 12.8 Å². The van der Waals surface area contributed by atoms with Crippen molar-refractivity contribution in [1.82, 2.24) is 4.90 Å². The Kier molecular flexibility index (Phi) is 7.85. The largest absolute Gasteiger partial charge is 0.480 e. The van der Waals surface area contributed by atoms with Gasteiger partial charge < -0.3 is 15.1 Å². The highest BCUT2D eigenvalue weighted by molar-refractivity contribution is 5.94. The molecule has 0 aromatic carbocycles. The summed E-state index contributed by atoms with van der Waals surface area (Å²) in [5.74, 6) is -0.982. The van der Waals surface area contributed by atoms with E-state index >= 15 is 0 Å². The predicted molar refractivity (Wildman–Crippen MR) is 72.4 cm³/mol. The quantitative estimate of drug-likeness (QED) is 0.584. The molecule has 2 N–H and O–H groups in total. The molecule has 2 fully saturated rings. The number of aliphatic hydroxyl groups is 1. The number of hydrogen-bond donors (Lipinski definition) is 2. The molecule has 0 bridgehead atoms. The van der Waals surface area contributed by atoms with Gasteiger partial charge in [-0.15, -0.1) is 12.8 Å². The lowest BCUT2D eigenvalue weighted by Gasteiger charge is -2.45. The molecule has 0 radical (unpaired) electrons. The maximum absolute atomic E-state index is 11.3. The van der Waals surface area contributed by atoms with E-state index in [0.29, 0.717) is 12.8 Å². The number of aliphatic hydroxyl groups excluding tert-OH is 1. The zero-order valence-corrected chi connectivity index (χ0v) is 11.6. The maximum Gasteiger partial charge on any atom is 0.326 e. The SMILES string of the molecule is C#C.CC.O=C(O)C1CC(=O)N1C1CCC(O)CC1. The molecule has 1 unspecified atom stereocenters. The Morgan fingerprint density at radius 3 is 2.05 bits per heavy atom. The standard InChI is InChI=1S/C10H15NO4.C2H6.C2H2/c12-7-3-1-6(2-4-7)11-8(10(14)15)5-9(11)13;2*1-2/h6-8,12H,1-5H2,(H,14,15);1-2H3;1-2H. The molecular formula is C14H23NO4. The van der Waals surface area contributed by atoms with Crippen molar-refractivity contribution in [1.29, 1.82) is 0 Å². The highest BCUT2D eigenvalue weighted by atomic mass is 16.4. The van der Waals surface area contributed by atoms with E-state index in [1.807, 2.05) is 13.8 Å². The second-order valence-electron chi connectivity index (χ2n) is 4.32. The molecule has 1 saturated heterocycles. The van der Waals surface area contributed by atoms with Crippen LogP contribution in [0.1, 0.15) is 46.0 Å². The summed E-state index contributed by atoms with van der Waals surface area (Å²) in [6.45, 7) is 4.00. The summed E-state index contributed by atoms with van der Waals surface area (Å²) in [5, 5.41) is 18.2. The Morgan fingerprint density at radius 1 is 1.21 bits per heavy atom. The second kappa shape index (κ2) is 8.54. The number of carboxylic acids is 1. The fourth-order valence-corrected chi connectivity index (χ4v) is 2.43. The minimum Gasteiger partial charge on any atom is -0.480 e. The maximum atomic E-state index is 11.3. The van der Waals surface area contributed by atoms with Crippen LogP contribution in [-0.2, 0) is 9.59 Å². The number of carbonyl (C=O) groups excluding carboxylic acids is 1. The highest BCUT2D eigenvalue weighted by Crippen LogP contribution is 2.31. The molecule has 2 aliphatic rings. The third-order valence-electron chi connectivity index (χ3n) is 3.34. The van der Waals surface area contributed by atoms with Crippen LogP contribution in [0.3, 0.4) is 0 Å². The number of carboxylic acid groups (broad SMARTS) is 1. The van der Waals surface area contributed by atoms with Crippen molar-refractivity contribution in [2.75, 3.05) is 0 Å². The average Bonchev–Trinajstić information content (AvgIpc) is 2.42. The summed E-state index contributed by atoms with van der Waals surface area (Å²) < 4.78 is 0. The minimum absolute atomic E-state index is 0.0238. The Labute approximate surface area is 114 Å². The van der Waals surface area contributed by atoms with Gasteiger partial charge in [0.15, 0.2) is 0 Å². The van der Waals surface area contributed by atoms with Crippen LogP contribution in [-0.4, -0.2) is 45.2 Å². The molecule has 1 aliphatic heterocycles. The van der Waals surface area contributed by atoms with E-state index in [-0.39, 0.29) is 24.5 Å². The van der Waals surface area contributed by atoms with Gasteiger partial charge in [0.05, 0.1) is 12.5 Å². The molecule has 1 amide bonds.